The van der Waals surface area contributed by atoms with E-state index in [-0.39, 0.29) is 0 Å². The van der Waals surface area contributed by atoms with Crippen molar-refractivity contribution in [2.75, 3.05) is 20.1 Å². The second kappa shape index (κ2) is 5.55. The molecule has 2 atom stereocenters. The molecular weight excluding hydrogens is 300 g/mol. The summed E-state index contributed by atoms with van der Waals surface area (Å²) < 4.78 is 1.32. The number of fused-ring (bicyclic) bond motifs is 1. The molecule has 0 bridgehead atoms. The molecule has 0 aromatic heterocycles. The second-order valence-corrected chi connectivity index (χ2v) is 6.99. The number of nitrogens with zero attached hydrogens (tertiary/aromatic N) is 1. The maximum Gasteiger partial charge on any atom is 0.0349 e. The molecule has 1 saturated heterocycles. The Bertz CT molecular complexity index is 472. The highest BCUT2D eigenvalue weighted by Gasteiger charge is 2.30. The number of hydrogen-bond acceptors (Lipinski definition) is 2. The molecule has 2 aliphatic rings. The van der Waals surface area contributed by atoms with Crippen molar-refractivity contribution in [2.45, 2.75) is 38.1 Å². The maximum absolute atomic E-state index is 5.84. The molecule has 0 spiro atoms. The standard InChI is InChI=1S/C16H23BrN2/c1-19-10-11(9-18)6-16(19)13-7-12-4-2-3-5-14(12)15(17)8-13/h7-8,11,16H,2-6,9-10,18H2,1H3. The van der Waals surface area contributed by atoms with E-state index in [2.05, 4.69) is 40.0 Å². The summed E-state index contributed by atoms with van der Waals surface area (Å²) >= 11 is 3.79. The van der Waals surface area contributed by atoms with Gasteiger partial charge in [-0.25, -0.2) is 0 Å². The van der Waals surface area contributed by atoms with E-state index in [1.165, 1.54) is 42.1 Å². The molecule has 0 amide bonds. The summed E-state index contributed by atoms with van der Waals surface area (Å²) in [6, 6.07) is 5.36. The van der Waals surface area contributed by atoms with Crippen LogP contribution in [0.3, 0.4) is 0 Å². The Hall–Kier alpha value is -0.380. The molecule has 19 heavy (non-hydrogen) atoms. The summed E-state index contributed by atoms with van der Waals surface area (Å²) in [5.74, 6) is 0.657. The first kappa shape index (κ1) is 13.6. The van der Waals surface area contributed by atoms with E-state index in [0.29, 0.717) is 12.0 Å². The van der Waals surface area contributed by atoms with Gasteiger partial charge in [-0.2, -0.15) is 0 Å². The molecule has 1 fully saturated rings. The first-order chi connectivity index (χ1) is 9.19. The van der Waals surface area contributed by atoms with Crippen LogP contribution in [-0.4, -0.2) is 25.0 Å². The number of rotatable bonds is 2. The number of benzene rings is 1. The summed E-state index contributed by atoms with van der Waals surface area (Å²) in [5, 5.41) is 0. The lowest BCUT2D eigenvalue weighted by molar-refractivity contribution is 0.313. The molecule has 0 saturated carbocycles. The van der Waals surface area contributed by atoms with Gasteiger partial charge in [0, 0.05) is 17.1 Å². The second-order valence-electron chi connectivity index (χ2n) is 6.14. The highest BCUT2D eigenvalue weighted by atomic mass is 79.9. The molecule has 2 unspecified atom stereocenters. The van der Waals surface area contributed by atoms with Gasteiger partial charge in [0.25, 0.3) is 0 Å². The molecule has 1 aliphatic heterocycles. The van der Waals surface area contributed by atoms with Gasteiger partial charge in [0.1, 0.15) is 0 Å². The molecule has 104 valence electrons. The van der Waals surface area contributed by atoms with Crippen LogP contribution in [0.2, 0.25) is 0 Å². The molecule has 1 aliphatic carbocycles. The lowest BCUT2D eigenvalue weighted by Crippen LogP contribution is -2.21. The van der Waals surface area contributed by atoms with Crippen LogP contribution >= 0.6 is 15.9 Å². The van der Waals surface area contributed by atoms with Gasteiger partial charge in [0.15, 0.2) is 0 Å². The predicted octanol–water partition coefficient (Wildman–Crippen LogP) is 3.28. The van der Waals surface area contributed by atoms with Gasteiger partial charge in [-0.1, -0.05) is 22.0 Å². The third-order valence-electron chi connectivity index (χ3n) is 4.79. The Balaban J connectivity index is 1.91. The minimum Gasteiger partial charge on any atom is -0.330 e. The number of aryl methyl sites for hydroxylation is 1. The van der Waals surface area contributed by atoms with Gasteiger partial charge < -0.3 is 5.73 Å². The number of nitrogens with two attached hydrogens (primary N) is 1. The van der Waals surface area contributed by atoms with Gasteiger partial charge >= 0.3 is 0 Å². The summed E-state index contributed by atoms with van der Waals surface area (Å²) in [7, 11) is 2.23. The lowest BCUT2D eigenvalue weighted by atomic mass is 9.88. The molecular formula is C16H23BrN2. The Morgan fingerprint density at radius 1 is 1.32 bits per heavy atom. The van der Waals surface area contributed by atoms with Crippen LogP contribution in [0.25, 0.3) is 0 Å². The maximum atomic E-state index is 5.84. The number of likely N-dealkylation sites (tertiary alicyclic amines) is 1. The van der Waals surface area contributed by atoms with Crippen LogP contribution in [0.4, 0.5) is 0 Å². The van der Waals surface area contributed by atoms with E-state index in [1.54, 1.807) is 11.1 Å². The van der Waals surface area contributed by atoms with Crippen LogP contribution in [0.15, 0.2) is 16.6 Å². The van der Waals surface area contributed by atoms with Gasteiger partial charge in [0.2, 0.25) is 0 Å². The zero-order valence-corrected chi connectivity index (χ0v) is 13.2. The molecule has 2 nitrogen and oxygen atoms in total. The highest BCUT2D eigenvalue weighted by molar-refractivity contribution is 9.10. The largest absolute Gasteiger partial charge is 0.330 e. The molecule has 3 rings (SSSR count). The minimum absolute atomic E-state index is 0.553. The third-order valence-corrected chi connectivity index (χ3v) is 5.49. The fourth-order valence-electron chi connectivity index (χ4n) is 3.70. The highest BCUT2D eigenvalue weighted by Crippen LogP contribution is 2.38. The van der Waals surface area contributed by atoms with E-state index >= 15 is 0 Å². The zero-order valence-electron chi connectivity index (χ0n) is 11.7. The molecule has 0 radical (unpaired) electrons. The average molecular weight is 323 g/mol. The van der Waals surface area contributed by atoms with E-state index in [0.717, 1.165) is 13.1 Å². The van der Waals surface area contributed by atoms with E-state index < -0.39 is 0 Å². The Morgan fingerprint density at radius 3 is 2.84 bits per heavy atom. The number of hydrogen-bond donors (Lipinski definition) is 1. The van der Waals surface area contributed by atoms with Gasteiger partial charge in [-0.05, 0) is 74.4 Å². The third kappa shape index (κ3) is 2.61. The van der Waals surface area contributed by atoms with E-state index in [1.807, 2.05) is 0 Å². The van der Waals surface area contributed by atoms with Crippen molar-refractivity contribution in [1.82, 2.24) is 4.90 Å². The van der Waals surface area contributed by atoms with Crippen molar-refractivity contribution < 1.29 is 0 Å². The van der Waals surface area contributed by atoms with E-state index in [9.17, 15) is 0 Å². The van der Waals surface area contributed by atoms with Crippen LogP contribution in [0, 0.1) is 5.92 Å². The Labute approximate surface area is 124 Å². The summed E-state index contributed by atoms with van der Waals surface area (Å²) in [6.45, 7) is 1.95. The molecule has 1 aromatic rings. The van der Waals surface area contributed by atoms with Crippen molar-refractivity contribution in [3.05, 3.63) is 33.3 Å². The van der Waals surface area contributed by atoms with Crippen molar-refractivity contribution in [2.24, 2.45) is 11.7 Å². The Kier molecular flexibility index (Phi) is 3.97. The smallest absolute Gasteiger partial charge is 0.0349 e. The summed E-state index contributed by atoms with van der Waals surface area (Å²) in [6.07, 6.45) is 6.37. The molecule has 1 heterocycles. The van der Waals surface area contributed by atoms with Gasteiger partial charge in [-0.3, -0.25) is 4.90 Å². The van der Waals surface area contributed by atoms with Crippen molar-refractivity contribution in [3.8, 4) is 0 Å². The van der Waals surface area contributed by atoms with Crippen molar-refractivity contribution in [3.63, 3.8) is 0 Å². The topological polar surface area (TPSA) is 29.3 Å². The van der Waals surface area contributed by atoms with Crippen LogP contribution in [0.1, 0.15) is 42.0 Å². The van der Waals surface area contributed by atoms with Crippen LogP contribution in [0.5, 0.6) is 0 Å². The minimum atomic E-state index is 0.553. The quantitative estimate of drug-likeness (QED) is 0.905. The van der Waals surface area contributed by atoms with Gasteiger partial charge in [0.05, 0.1) is 0 Å². The zero-order chi connectivity index (χ0) is 13.4. The fraction of sp³-hybridized carbons (Fsp3) is 0.625. The average Bonchev–Trinajstić information content (AvgIpc) is 2.80. The molecule has 2 N–H and O–H groups in total. The first-order valence-electron chi connectivity index (χ1n) is 7.40. The Morgan fingerprint density at radius 2 is 2.11 bits per heavy atom. The predicted molar refractivity (Wildman–Crippen MR) is 83.3 cm³/mol. The number of halogens is 1. The van der Waals surface area contributed by atoms with Crippen molar-refractivity contribution in [1.29, 1.82) is 0 Å². The van der Waals surface area contributed by atoms with Crippen molar-refractivity contribution >= 4 is 15.9 Å². The van der Waals surface area contributed by atoms with Gasteiger partial charge in [-0.15, -0.1) is 0 Å². The van der Waals surface area contributed by atoms with Crippen LogP contribution in [-0.2, 0) is 12.8 Å². The first-order valence-corrected chi connectivity index (χ1v) is 8.20. The lowest BCUT2D eigenvalue weighted by Gasteiger charge is -2.24. The molecule has 3 heteroatoms. The monoisotopic (exact) mass is 322 g/mol. The summed E-state index contributed by atoms with van der Waals surface area (Å²) in [5.41, 5.74) is 10.4. The van der Waals surface area contributed by atoms with E-state index in [4.69, 9.17) is 5.73 Å². The normalized spacial score (nSPS) is 27.5. The SMILES string of the molecule is CN1CC(CN)CC1c1cc(Br)c2c(c1)CCCC2. The van der Waals surface area contributed by atoms with Crippen LogP contribution < -0.4 is 5.73 Å². The molecule has 1 aromatic carbocycles. The summed E-state index contributed by atoms with van der Waals surface area (Å²) in [4.78, 5) is 2.47. The fourth-order valence-corrected chi connectivity index (χ4v) is 4.41.